The highest BCUT2D eigenvalue weighted by Crippen LogP contribution is 2.44. The number of hydrogen-bond donors (Lipinski definition) is 2. The number of hydrogen-bond acceptors (Lipinski definition) is 8. The maximum absolute atomic E-state index is 6.61. The highest BCUT2D eigenvalue weighted by atomic mass is 35.5. The van der Waals surface area contributed by atoms with E-state index < -0.39 is 0 Å². The first-order valence-corrected chi connectivity index (χ1v) is 12.0. The van der Waals surface area contributed by atoms with Crippen LogP contribution in [-0.4, -0.2) is 50.7 Å². The van der Waals surface area contributed by atoms with Crippen LogP contribution < -0.4 is 16.4 Å². The molecule has 0 aliphatic carbocycles. The van der Waals surface area contributed by atoms with Gasteiger partial charge in [-0.15, -0.1) is 0 Å². The standard InChI is InChI=1S/C22H28ClN7OS/c1-13-17(23)14(10-16(24)28-13)32-15-11-27-20(30-9-6-26-18(15)30)29-7-4-22(5-8-29)19(25)21(2,3)12-31-22/h6,9-11,19H,4-5,7-8,12,25H2,1-3H3,(H2,24,28). The molecular formula is C22H28ClN7OS. The van der Waals surface area contributed by atoms with Gasteiger partial charge in [-0.05, 0) is 25.8 Å². The van der Waals surface area contributed by atoms with Crippen LogP contribution >= 0.6 is 23.4 Å². The molecule has 2 aliphatic heterocycles. The van der Waals surface area contributed by atoms with E-state index in [2.05, 4.69) is 28.7 Å². The van der Waals surface area contributed by atoms with Crippen LogP contribution in [0.1, 0.15) is 32.4 Å². The number of piperidine rings is 1. The molecule has 1 atom stereocenters. The lowest BCUT2D eigenvalue weighted by atomic mass is 9.75. The van der Waals surface area contributed by atoms with Gasteiger partial charge in [0.15, 0.2) is 5.65 Å². The van der Waals surface area contributed by atoms with Crippen molar-refractivity contribution in [2.24, 2.45) is 11.1 Å². The van der Waals surface area contributed by atoms with Gasteiger partial charge in [-0.2, -0.15) is 0 Å². The number of anilines is 2. The molecule has 5 heterocycles. The summed E-state index contributed by atoms with van der Waals surface area (Å²) in [6, 6.07) is 1.82. The summed E-state index contributed by atoms with van der Waals surface area (Å²) in [6.07, 6.45) is 7.37. The Kier molecular flexibility index (Phi) is 5.28. The topological polar surface area (TPSA) is 108 Å². The maximum atomic E-state index is 6.61. The van der Waals surface area contributed by atoms with Gasteiger partial charge < -0.3 is 21.1 Å². The highest BCUT2D eigenvalue weighted by Gasteiger charge is 2.53. The molecule has 4 N–H and O–H groups in total. The Morgan fingerprint density at radius 2 is 1.97 bits per heavy atom. The lowest BCUT2D eigenvalue weighted by Gasteiger charge is -2.42. The van der Waals surface area contributed by atoms with E-state index in [9.17, 15) is 0 Å². The van der Waals surface area contributed by atoms with Crippen molar-refractivity contribution in [1.82, 2.24) is 19.4 Å². The predicted molar refractivity (Wildman–Crippen MR) is 127 cm³/mol. The Hall–Kier alpha value is -2.07. The summed E-state index contributed by atoms with van der Waals surface area (Å²) >= 11 is 7.96. The maximum Gasteiger partial charge on any atom is 0.211 e. The quantitative estimate of drug-likeness (QED) is 0.594. The van der Waals surface area contributed by atoms with Gasteiger partial charge in [0.1, 0.15) is 5.82 Å². The van der Waals surface area contributed by atoms with Gasteiger partial charge in [0.2, 0.25) is 5.95 Å². The van der Waals surface area contributed by atoms with Crippen molar-refractivity contribution in [3.05, 3.63) is 35.4 Å². The summed E-state index contributed by atoms with van der Waals surface area (Å²) in [4.78, 5) is 17.6. The molecule has 0 aromatic carbocycles. The number of fused-ring (bicyclic) bond motifs is 1. The van der Waals surface area contributed by atoms with Gasteiger partial charge in [-0.3, -0.25) is 4.40 Å². The minimum atomic E-state index is -0.236. The number of nitrogens with zero attached hydrogens (tertiary/aromatic N) is 5. The molecule has 0 amide bonds. The zero-order valence-corrected chi connectivity index (χ0v) is 20.1. The Morgan fingerprint density at radius 3 is 2.66 bits per heavy atom. The van der Waals surface area contributed by atoms with Crippen LogP contribution in [0.4, 0.5) is 11.8 Å². The SMILES string of the molecule is Cc1nc(N)cc(Sc2cnc(N3CCC4(CC3)OCC(C)(C)C4N)n3ccnc23)c1Cl. The molecule has 0 saturated carbocycles. The number of nitrogens with two attached hydrogens (primary N) is 2. The summed E-state index contributed by atoms with van der Waals surface area (Å²) in [5, 5.41) is 0.593. The van der Waals surface area contributed by atoms with Crippen LogP contribution in [0.15, 0.2) is 34.4 Å². The number of imidazole rings is 1. The summed E-state index contributed by atoms with van der Waals surface area (Å²) in [7, 11) is 0. The Balaban J connectivity index is 1.41. The van der Waals surface area contributed by atoms with Crippen LogP contribution in [0, 0.1) is 12.3 Å². The lowest BCUT2D eigenvalue weighted by Crippen LogP contribution is -2.56. The molecule has 0 radical (unpaired) electrons. The fourth-order valence-corrected chi connectivity index (χ4v) is 6.01. The van der Waals surface area contributed by atoms with Crippen molar-refractivity contribution in [1.29, 1.82) is 0 Å². The van der Waals surface area contributed by atoms with E-state index in [0.29, 0.717) is 23.1 Å². The largest absolute Gasteiger partial charge is 0.384 e. The number of ether oxygens (including phenoxy) is 1. The number of pyridine rings is 1. The number of aromatic nitrogens is 4. The third kappa shape index (κ3) is 3.51. The van der Waals surface area contributed by atoms with Gasteiger partial charge in [0.05, 0.1) is 27.8 Å². The molecule has 32 heavy (non-hydrogen) atoms. The summed E-state index contributed by atoms with van der Waals surface area (Å²) in [5.41, 5.74) is 13.8. The molecule has 10 heteroatoms. The zero-order valence-electron chi connectivity index (χ0n) is 18.5. The molecule has 2 fully saturated rings. The Bertz CT molecular complexity index is 1170. The lowest BCUT2D eigenvalue weighted by molar-refractivity contribution is -0.0236. The summed E-state index contributed by atoms with van der Waals surface area (Å²) < 4.78 is 8.29. The Morgan fingerprint density at radius 1 is 1.22 bits per heavy atom. The van der Waals surface area contributed by atoms with E-state index in [0.717, 1.165) is 47.3 Å². The third-order valence-corrected chi connectivity index (χ3v) is 8.38. The minimum Gasteiger partial charge on any atom is -0.384 e. The summed E-state index contributed by atoms with van der Waals surface area (Å²) in [5.74, 6) is 1.31. The molecule has 3 aromatic rings. The zero-order chi connectivity index (χ0) is 22.7. The third-order valence-electron chi connectivity index (χ3n) is 6.74. The van der Waals surface area contributed by atoms with Gasteiger partial charge in [0, 0.05) is 48.0 Å². The Labute approximate surface area is 196 Å². The average molecular weight is 474 g/mol. The number of rotatable bonds is 3. The van der Waals surface area contributed by atoms with Crippen molar-refractivity contribution >= 4 is 40.8 Å². The van der Waals surface area contributed by atoms with Crippen molar-refractivity contribution in [2.45, 2.75) is 55.0 Å². The van der Waals surface area contributed by atoms with E-state index in [-0.39, 0.29) is 17.1 Å². The van der Waals surface area contributed by atoms with Crippen molar-refractivity contribution in [3.8, 4) is 0 Å². The molecule has 5 rings (SSSR count). The van der Waals surface area contributed by atoms with Crippen LogP contribution in [0.2, 0.25) is 5.02 Å². The van der Waals surface area contributed by atoms with E-state index in [1.54, 1.807) is 12.3 Å². The minimum absolute atomic E-state index is 0.00683. The predicted octanol–water partition coefficient (Wildman–Crippen LogP) is 3.54. The second-order valence-corrected chi connectivity index (χ2v) is 10.9. The first-order valence-electron chi connectivity index (χ1n) is 10.8. The second-order valence-electron chi connectivity index (χ2n) is 9.40. The van der Waals surface area contributed by atoms with E-state index in [1.807, 2.05) is 23.7 Å². The van der Waals surface area contributed by atoms with Crippen molar-refractivity contribution in [2.75, 3.05) is 30.3 Å². The van der Waals surface area contributed by atoms with Gasteiger partial charge in [-0.1, -0.05) is 37.2 Å². The fraction of sp³-hybridized carbons (Fsp3) is 0.500. The molecular weight excluding hydrogens is 446 g/mol. The van der Waals surface area contributed by atoms with E-state index >= 15 is 0 Å². The van der Waals surface area contributed by atoms with Crippen molar-refractivity contribution < 1.29 is 4.74 Å². The molecule has 8 nitrogen and oxygen atoms in total. The average Bonchev–Trinajstić information content (AvgIpc) is 3.33. The molecule has 2 aliphatic rings. The van der Waals surface area contributed by atoms with Gasteiger partial charge in [-0.25, -0.2) is 15.0 Å². The molecule has 3 aromatic heterocycles. The first-order chi connectivity index (χ1) is 15.2. The number of nitrogen functional groups attached to an aromatic ring is 1. The molecule has 1 unspecified atom stereocenters. The second kappa shape index (κ2) is 7.76. The monoisotopic (exact) mass is 473 g/mol. The van der Waals surface area contributed by atoms with Gasteiger partial charge >= 0.3 is 0 Å². The number of halogens is 1. The van der Waals surface area contributed by atoms with Gasteiger partial charge in [0.25, 0.3) is 0 Å². The molecule has 2 saturated heterocycles. The molecule has 1 spiro atoms. The summed E-state index contributed by atoms with van der Waals surface area (Å²) in [6.45, 7) is 8.61. The molecule has 170 valence electrons. The smallest absolute Gasteiger partial charge is 0.211 e. The fourth-order valence-electron chi connectivity index (χ4n) is 4.80. The number of aryl methyl sites for hydroxylation is 1. The molecule has 0 bridgehead atoms. The first kappa shape index (κ1) is 21.8. The van der Waals surface area contributed by atoms with E-state index in [4.69, 9.17) is 32.8 Å². The van der Waals surface area contributed by atoms with Crippen LogP contribution in [0.5, 0.6) is 0 Å². The van der Waals surface area contributed by atoms with Crippen LogP contribution in [0.3, 0.4) is 0 Å². The van der Waals surface area contributed by atoms with Crippen molar-refractivity contribution in [3.63, 3.8) is 0 Å². The van der Waals surface area contributed by atoms with E-state index in [1.165, 1.54) is 11.8 Å². The van der Waals surface area contributed by atoms with Crippen LogP contribution in [-0.2, 0) is 4.74 Å². The van der Waals surface area contributed by atoms with Crippen LogP contribution in [0.25, 0.3) is 5.65 Å². The normalized spacial score (nSPS) is 22.2. The highest BCUT2D eigenvalue weighted by molar-refractivity contribution is 7.99.